The van der Waals surface area contributed by atoms with E-state index in [2.05, 4.69) is 16.0 Å². The third-order valence-electron chi connectivity index (χ3n) is 3.69. The van der Waals surface area contributed by atoms with Gasteiger partial charge in [-0.15, -0.1) is 0 Å². The van der Waals surface area contributed by atoms with E-state index in [9.17, 15) is 9.59 Å². The Balaban J connectivity index is 1.43. The van der Waals surface area contributed by atoms with Gasteiger partial charge in [0.1, 0.15) is 11.5 Å². The Kier molecular flexibility index (Phi) is 6.99. The van der Waals surface area contributed by atoms with Crippen molar-refractivity contribution in [3.8, 4) is 5.75 Å². The summed E-state index contributed by atoms with van der Waals surface area (Å²) in [7, 11) is 0. The summed E-state index contributed by atoms with van der Waals surface area (Å²) in [5, 5.41) is 8.82. The van der Waals surface area contributed by atoms with Crippen molar-refractivity contribution in [1.29, 1.82) is 0 Å². The molecule has 0 aliphatic heterocycles. The summed E-state index contributed by atoms with van der Waals surface area (Å²) in [5.41, 5.74) is 1.14. The van der Waals surface area contributed by atoms with Crippen LogP contribution in [0.2, 0.25) is 10.0 Å². The van der Waals surface area contributed by atoms with Crippen LogP contribution in [0, 0.1) is 0 Å². The molecule has 3 N–H and O–H groups in total. The standard InChI is InChI=1S/C20H17Cl2N3O4/c21-17-8-7-15(10-18(17)22)29-12-19(26)24-13-3-5-14(6-4-13)25-20(27)23-11-16-2-1-9-28-16/h1-10H,11-12H2,(H,24,26)(H2,23,25,27). The zero-order valence-electron chi connectivity index (χ0n) is 15.1. The summed E-state index contributed by atoms with van der Waals surface area (Å²) >= 11 is 11.7. The molecule has 3 aromatic rings. The van der Waals surface area contributed by atoms with Gasteiger partial charge in [0.25, 0.3) is 5.91 Å². The highest BCUT2D eigenvalue weighted by Crippen LogP contribution is 2.26. The molecule has 2 aromatic carbocycles. The van der Waals surface area contributed by atoms with E-state index in [-0.39, 0.29) is 25.1 Å². The highest BCUT2D eigenvalue weighted by Gasteiger charge is 2.07. The Morgan fingerprint density at radius 3 is 2.31 bits per heavy atom. The fourth-order valence-electron chi connectivity index (χ4n) is 2.31. The number of urea groups is 1. The van der Waals surface area contributed by atoms with E-state index in [0.29, 0.717) is 32.9 Å². The first kappa shape index (κ1) is 20.6. The van der Waals surface area contributed by atoms with Gasteiger partial charge in [-0.1, -0.05) is 23.2 Å². The maximum absolute atomic E-state index is 12.0. The van der Waals surface area contributed by atoms with Crippen LogP contribution in [0.5, 0.6) is 5.75 Å². The lowest BCUT2D eigenvalue weighted by molar-refractivity contribution is -0.118. The van der Waals surface area contributed by atoms with Crippen molar-refractivity contribution in [3.63, 3.8) is 0 Å². The second-order valence-electron chi connectivity index (χ2n) is 5.88. The lowest BCUT2D eigenvalue weighted by Crippen LogP contribution is -2.28. The van der Waals surface area contributed by atoms with Gasteiger partial charge in [-0.3, -0.25) is 4.79 Å². The lowest BCUT2D eigenvalue weighted by atomic mass is 10.3. The predicted octanol–water partition coefficient (Wildman–Crippen LogP) is 4.93. The molecule has 0 atom stereocenters. The zero-order chi connectivity index (χ0) is 20.6. The van der Waals surface area contributed by atoms with Crippen molar-refractivity contribution in [2.75, 3.05) is 17.2 Å². The summed E-state index contributed by atoms with van der Waals surface area (Å²) in [4.78, 5) is 23.9. The number of carbonyl (C=O) groups is 2. The van der Waals surface area contributed by atoms with E-state index in [1.54, 1.807) is 48.5 Å². The van der Waals surface area contributed by atoms with Crippen LogP contribution < -0.4 is 20.7 Å². The van der Waals surface area contributed by atoms with E-state index in [4.69, 9.17) is 32.4 Å². The first-order chi connectivity index (χ1) is 14.0. The van der Waals surface area contributed by atoms with Crippen LogP contribution in [0.15, 0.2) is 65.3 Å². The molecule has 0 radical (unpaired) electrons. The summed E-state index contributed by atoms with van der Waals surface area (Å²) in [5.74, 6) is 0.754. The predicted molar refractivity (Wildman–Crippen MR) is 112 cm³/mol. The smallest absolute Gasteiger partial charge is 0.319 e. The van der Waals surface area contributed by atoms with Gasteiger partial charge in [0.05, 0.1) is 22.9 Å². The maximum atomic E-state index is 12.0. The van der Waals surface area contributed by atoms with Gasteiger partial charge in [0.2, 0.25) is 0 Å². The monoisotopic (exact) mass is 433 g/mol. The third-order valence-corrected chi connectivity index (χ3v) is 4.43. The number of nitrogens with one attached hydrogen (secondary N) is 3. The highest BCUT2D eigenvalue weighted by atomic mass is 35.5. The number of hydrogen-bond acceptors (Lipinski definition) is 4. The van der Waals surface area contributed by atoms with E-state index in [0.717, 1.165) is 0 Å². The molecule has 1 aromatic heterocycles. The molecule has 0 spiro atoms. The highest BCUT2D eigenvalue weighted by molar-refractivity contribution is 6.42. The Morgan fingerprint density at radius 2 is 1.66 bits per heavy atom. The molecule has 29 heavy (non-hydrogen) atoms. The quantitative estimate of drug-likeness (QED) is 0.492. The van der Waals surface area contributed by atoms with Gasteiger partial charge in [0.15, 0.2) is 6.61 Å². The number of carbonyl (C=O) groups excluding carboxylic acids is 2. The van der Waals surface area contributed by atoms with Crippen LogP contribution in [0.3, 0.4) is 0 Å². The molecule has 0 fully saturated rings. The van der Waals surface area contributed by atoms with Gasteiger partial charge >= 0.3 is 6.03 Å². The number of rotatable bonds is 7. The molecule has 0 aliphatic rings. The third kappa shape index (κ3) is 6.44. The largest absolute Gasteiger partial charge is 0.484 e. The van der Waals surface area contributed by atoms with E-state index in [1.165, 1.54) is 12.3 Å². The topological polar surface area (TPSA) is 92.6 Å². The second kappa shape index (κ2) is 9.86. The van der Waals surface area contributed by atoms with Gasteiger partial charge < -0.3 is 25.1 Å². The number of hydrogen-bond donors (Lipinski definition) is 3. The first-order valence-corrected chi connectivity index (χ1v) is 9.30. The molecule has 0 saturated carbocycles. The fourth-order valence-corrected chi connectivity index (χ4v) is 2.59. The maximum Gasteiger partial charge on any atom is 0.319 e. The number of furan rings is 1. The zero-order valence-corrected chi connectivity index (χ0v) is 16.6. The van der Waals surface area contributed by atoms with E-state index < -0.39 is 0 Å². The molecule has 9 heteroatoms. The van der Waals surface area contributed by atoms with Crippen LogP contribution in [0.25, 0.3) is 0 Å². The average molecular weight is 434 g/mol. The first-order valence-electron chi connectivity index (χ1n) is 8.54. The molecule has 7 nitrogen and oxygen atoms in total. The van der Waals surface area contributed by atoms with Crippen molar-refractivity contribution in [3.05, 3.63) is 76.7 Å². The second-order valence-corrected chi connectivity index (χ2v) is 6.69. The summed E-state index contributed by atoms with van der Waals surface area (Å²) in [6, 6.07) is 14.6. The molecule has 0 unspecified atom stereocenters. The number of ether oxygens (including phenoxy) is 1. The van der Waals surface area contributed by atoms with Crippen molar-refractivity contribution in [1.82, 2.24) is 5.32 Å². The fraction of sp³-hybridized carbons (Fsp3) is 0.100. The molecular formula is C20H17Cl2N3O4. The summed E-state index contributed by atoms with van der Waals surface area (Å²) < 4.78 is 10.5. The van der Waals surface area contributed by atoms with Crippen LogP contribution in [-0.2, 0) is 11.3 Å². The minimum atomic E-state index is -0.367. The molecular weight excluding hydrogens is 417 g/mol. The van der Waals surface area contributed by atoms with Gasteiger partial charge in [-0.25, -0.2) is 4.79 Å². The van der Waals surface area contributed by atoms with Crippen molar-refractivity contribution >= 4 is 46.5 Å². The van der Waals surface area contributed by atoms with Gasteiger partial charge in [0, 0.05) is 17.4 Å². The molecule has 3 amide bonds. The Morgan fingerprint density at radius 1 is 0.931 bits per heavy atom. The molecule has 1 heterocycles. The SMILES string of the molecule is O=C(COc1ccc(Cl)c(Cl)c1)Nc1ccc(NC(=O)NCc2ccco2)cc1. The minimum Gasteiger partial charge on any atom is -0.484 e. The van der Waals surface area contributed by atoms with Crippen molar-refractivity contribution in [2.24, 2.45) is 0 Å². The summed E-state index contributed by atoms with van der Waals surface area (Å²) in [6.45, 7) is 0.0962. The molecule has 0 aliphatic carbocycles. The van der Waals surface area contributed by atoms with Crippen LogP contribution in [0.4, 0.5) is 16.2 Å². The number of halogens is 2. The number of anilines is 2. The van der Waals surface area contributed by atoms with Crippen molar-refractivity contribution < 1.29 is 18.7 Å². The Bertz CT molecular complexity index is 976. The minimum absolute atomic E-state index is 0.187. The van der Waals surface area contributed by atoms with E-state index in [1.807, 2.05) is 0 Å². The number of benzene rings is 2. The van der Waals surface area contributed by atoms with Crippen LogP contribution in [-0.4, -0.2) is 18.5 Å². The Labute approximate surface area is 176 Å². The van der Waals surface area contributed by atoms with Crippen LogP contribution in [0.1, 0.15) is 5.76 Å². The van der Waals surface area contributed by atoms with E-state index >= 15 is 0 Å². The van der Waals surface area contributed by atoms with Crippen molar-refractivity contribution in [2.45, 2.75) is 6.54 Å². The summed E-state index contributed by atoms with van der Waals surface area (Å²) in [6.07, 6.45) is 1.54. The Hall–Kier alpha value is -3.16. The van der Waals surface area contributed by atoms with Gasteiger partial charge in [-0.2, -0.15) is 0 Å². The lowest BCUT2D eigenvalue weighted by Gasteiger charge is -2.10. The molecule has 3 rings (SSSR count). The molecule has 0 saturated heterocycles. The van der Waals surface area contributed by atoms with Crippen LogP contribution >= 0.6 is 23.2 Å². The normalized spacial score (nSPS) is 10.3. The average Bonchev–Trinajstić information content (AvgIpc) is 3.22. The number of amides is 3. The molecule has 150 valence electrons. The molecule has 0 bridgehead atoms. The van der Waals surface area contributed by atoms with Gasteiger partial charge in [-0.05, 0) is 48.5 Å².